The lowest BCUT2D eigenvalue weighted by atomic mass is 10.1. The first kappa shape index (κ1) is 16.4. The maximum Gasteiger partial charge on any atom is 0.417 e. The summed E-state index contributed by atoms with van der Waals surface area (Å²) in [6.07, 6.45) is 0.368. The van der Waals surface area contributed by atoms with Crippen molar-refractivity contribution in [1.29, 1.82) is 0 Å². The summed E-state index contributed by atoms with van der Waals surface area (Å²) in [5.41, 5.74) is 1.36. The quantitative estimate of drug-likeness (QED) is 0.833. The van der Waals surface area contributed by atoms with E-state index in [0.29, 0.717) is 16.7 Å². The fraction of sp³-hybridized carbons (Fsp3) is 0.471. The number of likely N-dealkylation sites (N-methyl/N-ethyl adjacent to an activating group) is 1. The minimum atomic E-state index is -0.545. The third kappa shape index (κ3) is 3.56. The summed E-state index contributed by atoms with van der Waals surface area (Å²) in [5, 5.41) is 0. The molecule has 7 nitrogen and oxygen atoms in total. The van der Waals surface area contributed by atoms with Crippen LogP contribution in [-0.2, 0) is 4.79 Å². The minimum Gasteiger partial charge on any atom is -0.408 e. The van der Waals surface area contributed by atoms with E-state index in [2.05, 4.69) is 16.8 Å². The average Bonchev–Trinajstić information content (AvgIpc) is 2.98. The van der Waals surface area contributed by atoms with Gasteiger partial charge in [-0.3, -0.25) is 14.6 Å². The Morgan fingerprint density at radius 3 is 2.62 bits per heavy atom. The summed E-state index contributed by atoms with van der Waals surface area (Å²) in [6, 6.07) is 4.82. The van der Waals surface area contributed by atoms with Gasteiger partial charge in [0.2, 0.25) is 5.91 Å². The second kappa shape index (κ2) is 7.00. The number of H-pyrrole nitrogens is 1. The molecule has 7 heteroatoms. The van der Waals surface area contributed by atoms with Gasteiger partial charge in [-0.2, -0.15) is 0 Å². The fourth-order valence-electron chi connectivity index (χ4n) is 2.96. The van der Waals surface area contributed by atoms with Crippen molar-refractivity contribution in [1.82, 2.24) is 14.8 Å². The van der Waals surface area contributed by atoms with Crippen LogP contribution in [0.25, 0.3) is 11.1 Å². The summed E-state index contributed by atoms with van der Waals surface area (Å²) in [7, 11) is 0. The van der Waals surface area contributed by atoms with E-state index in [1.807, 2.05) is 4.90 Å². The minimum absolute atomic E-state index is 0.0216. The molecule has 0 saturated carbocycles. The van der Waals surface area contributed by atoms with E-state index in [4.69, 9.17) is 4.42 Å². The van der Waals surface area contributed by atoms with Crippen LogP contribution in [0.5, 0.6) is 0 Å². The second-order valence-electron chi connectivity index (χ2n) is 5.96. The average molecular weight is 331 g/mol. The van der Waals surface area contributed by atoms with Gasteiger partial charge in [-0.1, -0.05) is 6.92 Å². The van der Waals surface area contributed by atoms with Gasteiger partial charge in [-0.25, -0.2) is 4.79 Å². The number of Topliss-reactive ketones (excluding diaryl/α,β-unsaturated/α-hetero) is 1. The SMILES string of the molecule is CCN1CCN(C(=O)CCC(=O)c2ccc3[nH]c(=O)oc3c2)CC1. The molecule has 0 unspecified atom stereocenters. The molecule has 2 heterocycles. The first-order valence-electron chi connectivity index (χ1n) is 8.23. The topological polar surface area (TPSA) is 86.6 Å². The number of carbonyl (C=O) groups excluding carboxylic acids is 2. The van der Waals surface area contributed by atoms with E-state index in [1.165, 1.54) is 0 Å². The predicted molar refractivity (Wildman–Crippen MR) is 89.1 cm³/mol. The highest BCUT2D eigenvalue weighted by Gasteiger charge is 2.21. The highest BCUT2D eigenvalue weighted by Crippen LogP contribution is 2.15. The summed E-state index contributed by atoms with van der Waals surface area (Å²) in [6.45, 7) is 6.33. The molecule has 3 rings (SSSR count). The van der Waals surface area contributed by atoms with E-state index in [-0.39, 0.29) is 24.5 Å². The van der Waals surface area contributed by atoms with Crippen LogP contribution >= 0.6 is 0 Å². The molecule has 128 valence electrons. The molecular weight excluding hydrogens is 310 g/mol. The predicted octanol–water partition coefficient (Wildman–Crippen LogP) is 1.25. The third-order valence-corrected chi connectivity index (χ3v) is 4.48. The van der Waals surface area contributed by atoms with Gasteiger partial charge in [0.25, 0.3) is 0 Å². The molecular formula is C17H21N3O4. The van der Waals surface area contributed by atoms with Crippen LogP contribution in [0.2, 0.25) is 0 Å². The van der Waals surface area contributed by atoms with Crippen LogP contribution < -0.4 is 5.76 Å². The van der Waals surface area contributed by atoms with Crippen molar-refractivity contribution in [3.8, 4) is 0 Å². The van der Waals surface area contributed by atoms with Gasteiger partial charge in [-0.05, 0) is 24.7 Å². The number of aromatic nitrogens is 1. The first-order chi connectivity index (χ1) is 11.6. The third-order valence-electron chi connectivity index (χ3n) is 4.48. The van der Waals surface area contributed by atoms with Crippen LogP contribution in [0.1, 0.15) is 30.1 Å². The molecule has 1 fully saturated rings. The van der Waals surface area contributed by atoms with Gasteiger partial charge >= 0.3 is 5.76 Å². The number of rotatable bonds is 5. The largest absolute Gasteiger partial charge is 0.417 e. The van der Waals surface area contributed by atoms with Gasteiger partial charge in [0, 0.05) is 44.6 Å². The number of nitrogens with one attached hydrogen (secondary N) is 1. The Morgan fingerprint density at radius 2 is 1.92 bits per heavy atom. The Labute approximate surface area is 139 Å². The molecule has 0 atom stereocenters. The number of nitrogens with zero attached hydrogens (tertiary/aromatic N) is 2. The van der Waals surface area contributed by atoms with Crippen molar-refractivity contribution in [3.63, 3.8) is 0 Å². The number of hydrogen-bond acceptors (Lipinski definition) is 5. The number of oxazole rings is 1. The Balaban J connectivity index is 1.56. The molecule has 0 spiro atoms. The molecule has 2 aromatic rings. The van der Waals surface area contributed by atoms with Crippen molar-refractivity contribution in [2.75, 3.05) is 32.7 Å². The lowest BCUT2D eigenvalue weighted by molar-refractivity contribution is -0.132. The molecule has 0 radical (unpaired) electrons. The number of carbonyl (C=O) groups is 2. The second-order valence-corrected chi connectivity index (χ2v) is 5.96. The maximum absolute atomic E-state index is 12.3. The molecule has 1 aliphatic rings. The zero-order valence-electron chi connectivity index (χ0n) is 13.7. The number of fused-ring (bicyclic) bond motifs is 1. The van der Waals surface area contributed by atoms with Gasteiger partial charge in [0.15, 0.2) is 11.4 Å². The van der Waals surface area contributed by atoms with E-state index in [1.54, 1.807) is 18.2 Å². The fourth-order valence-corrected chi connectivity index (χ4v) is 2.96. The highest BCUT2D eigenvalue weighted by atomic mass is 16.4. The zero-order valence-corrected chi connectivity index (χ0v) is 13.7. The van der Waals surface area contributed by atoms with Crippen LogP contribution in [0.3, 0.4) is 0 Å². The van der Waals surface area contributed by atoms with E-state index in [0.717, 1.165) is 32.7 Å². The monoisotopic (exact) mass is 331 g/mol. The lowest BCUT2D eigenvalue weighted by Gasteiger charge is -2.34. The Morgan fingerprint density at radius 1 is 1.17 bits per heavy atom. The Kier molecular flexibility index (Phi) is 4.80. The smallest absolute Gasteiger partial charge is 0.408 e. The summed E-state index contributed by atoms with van der Waals surface area (Å²) >= 11 is 0. The normalized spacial score (nSPS) is 15.8. The molecule has 1 aromatic heterocycles. The van der Waals surface area contributed by atoms with E-state index in [9.17, 15) is 14.4 Å². The van der Waals surface area contributed by atoms with Crippen LogP contribution in [-0.4, -0.2) is 59.2 Å². The first-order valence-corrected chi connectivity index (χ1v) is 8.23. The number of hydrogen-bond donors (Lipinski definition) is 1. The molecule has 1 amide bonds. The summed E-state index contributed by atoms with van der Waals surface area (Å²) in [5.74, 6) is -0.648. The molecule has 1 aromatic carbocycles. The van der Waals surface area contributed by atoms with E-state index >= 15 is 0 Å². The molecule has 24 heavy (non-hydrogen) atoms. The number of piperazine rings is 1. The zero-order chi connectivity index (χ0) is 17.1. The van der Waals surface area contributed by atoms with Crippen molar-refractivity contribution >= 4 is 22.8 Å². The van der Waals surface area contributed by atoms with E-state index < -0.39 is 5.76 Å². The number of amides is 1. The van der Waals surface area contributed by atoms with Gasteiger partial charge in [0.05, 0.1) is 5.52 Å². The van der Waals surface area contributed by atoms with Gasteiger partial charge in [0.1, 0.15) is 0 Å². The lowest BCUT2D eigenvalue weighted by Crippen LogP contribution is -2.48. The molecule has 1 aliphatic heterocycles. The van der Waals surface area contributed by atoms with Crippen LogP contribution in [0.15, 0.2) is 27.4 Å². The van der Waals surface area contributed by atoms with Gasteiger partial charge < -0.3 is 14.2 Å². The Hall–Kier alpha value is -2.41. The van der Waals surface area contributed by atoms with Crippen LogP contribution in [0, 0.1) is 0 Å². The molecule has 1 saturated heterocycles. The number of ketones is 1. The standard InChI is InChI=1S/C17H21N3O4/c1-2-19-7-9-20(10-8-19)16(22)6-5-14(21)12-3-4-13-15(11-12)24-17(23)18-13/h3-4,11H,2,5-10H2,1H3,(H,18,23). The molecule has 0 bridgehead atoms. The Bertz CT molecular complexity index is 800. The molecule has 1 N–H and O–H groups in total. The van der Waals surface area contributed by atoms with Crippen molar-refractivity contribution in [2.24, 2.45) is 0 Å². The maximum atomic E-state index is 12.3. The van der Waals surface area contributed by atoms with Crippen molar-refractivity contribution in [2.45, 2.75) is 19.8 Å². The summed E-state index contributed by atoms with van der Waals surface area (Å²) < 4.78 is 4.96. The molecule has 0 aliphatic carbocycles. The van der Waals surface area contributed by atoms with Crippen molar-refractivity contribution < 1.29 is 14.0 Å². The van der Waals surface area contributed by atoms with Crippen molar-refractivity contribution in [3.05, 3.63) is 34.3 Å². The summed E-state index contributed by atoms with van der Waals surface area (Å²) in [4.78, 5) is 42.3. The van der Waals surface area contributed by atoms with Gasteiger partial charge in [-0.15, -0.1) is 0 Å². The number of aromatic amines is 1. The van der Waals surface area contributed by atoms with Crippen LogP contribution in [0.4, 0.5) is 0 Å². The highest BCUT2D eigenvalue weighted by molar-refractivity contribution is 6.00. The number of benzene rings is 1.